The molecule has 5 aromatic carbocycles. The molecule has 1 aliphatic carbocycles. The summed E-state index contributed by atoms with van der Waals surface area (Å²) in [5.41, 5.74) is 6.28. The van der Waals surface area contributed by atoms with Crippen molar-refractivity contribution in [1.29, 1.82) is 0 Å². The van der Waals surface area contributed by atoms with Gasteiger partial charge in [0.1, 0.15) is 29.4 Å². The quantitative estimate of drug-likeness (QED) is 0.0300. The molecule has 398 valence electrons. The second-order valence-corrected chi connectivity index (χ2v) is 22.5. The minimum Gasteiger partial charge on any atom is -0.491 e. The molecule has 75 heavy (non-hydrogen) atoms. The van der Waals surface area contributed by atoms with Crippen molar-refractivity contribution in [3.8, 4) is 33.9 Å². The number of aryl methyl sites for hydroxylation is 5. The Morgan fingerprint density at radius 2 is 1.32 bits per heavy atom. The van der Waals surface area contributed by atoms with Gasteiger partial charge in [0.2, 0.25) is 0 Å². The summed E-state index contributed by atoms with van der Waals surface area (Å²) < 4.78 is 200. The number of alkyl halides is 6. The molecule has 0 spiro atoms. The highest BCUT2D eigenvalue weighted by molar-refractivity contribution is 8.05. The van der Waals surface area contributed by atoms with E-state index in [0.29, 0.717) is 58.6 Å². The minimum atomic E-state index is -7.52. The number of sulfonamides is 2. The van der Waals surface area contributed by atoms with Gasteiger partial charge in [-0.1, -0.05) is 64.8 Å². The number of benzene rings is 6. The van der Waals surface area contributed by atoms with Crippen molar-refractivity contribution < 1.29 is 74.4 Å². The van der Waals surface area contributed by atoms with Gasteiger partial charge in [-0.05, 0) is 117 Å². The first-order valence-electron chi connectivity index (χ1n) is 22.5. The molecular formula is C52H49F6N3O11S3. The highest BCUT2D eigenvalue weighted by Gasteiger charge is 2.83. The molecule has 1 aliphatic heterocycles. The number of ether oxygens (including phenoxy) is 3. The Morgan fingerprint density at radius 1 is 0.680 bits per heavy atom. The van der Waals surface area contributed by atoms with Crippen molar-refractivity contribution in [2.75, 3.05) is 38.9 Å². The average Bonchev–Trinajstić information content (AvgIpc) is 3.33. The largest absolute Gasteiger partial charge is 0.491 e. The second kappa shape index (κ2) is 21.5. The van der Waals surface area contributed by atoms with Gasteiger partial charge in [-0.2, -0.15) is 34.8 Å². The van der Waals surface area contributed by atoms with E-state index in [0.717, 1.165) is 63.8 Å². The predicted octanol–water partition coefficient (Wildman–Crippen LogP) is 11.2. The molecule has 0 atom stereocenters. The Balaban J connectivity index is 1.32. The fraction of sp³-hybridized carbons (Fsp3) is 0.250. The topological polar surface area (TPSA) is 189 Å². The first-order valence-corrected chi connectivity index (χ1v) is 26.9. The normalized spacial score (nSPS) is 13.1. The molecule has 23 heteroatoms. The Labute approximate surface area is 429 Å². The van der Waals surface area contributed by atoms with Gasteiger partial charge in [0.25, 0.3) is 20.0 Å². The summed E-state index contributed by atoms with van der Waals surface area (Å²) in [6.07, 6.45) is 1.23. The van der Waals surface area contributed by atoms with Gasteiger partial charge in [0, 0.05) is 52.7 Å². The summed E-state index contributed by atoms with van der Waals surface area (Å²) in [6.45, 7) is 14.3. The maximum absolute atomic E-state index is 15.6. The molecule has 0 radical (unpaired) electrons. The fourth-order valence-electron chi connectivity index (χ4n) is 8.09. The van der Waals surface area contributed by atoms with Crippen LogP contribution in [0.4, 0.5) is 43.4 Å². The van der Waals surface area contributed by atoms with Crippen LogP contribution in [0.5, 0.6) is 11.5 Å². The van der Waals surface area contributed by atoms with Gasteiger partial charge in [-0.3, -0.25) is 0 Å². The van der Waals surface area contributed by atoms with Crippen LogP contribution in [0.2, 0.25) is 0 Å². The van der Waals surface area contributed by atoms with Crippen LogP contribution in [0.25, 0.3) is 39.5 Å². The Hall–Kier alpha value is -6.76. The first-order chi connectivity index (χ1) is 35.1. The number of hydrogen-bond acceptors (Lipinski definition) is 13. The zero-order chi connectivity index (χ0) is 54.9. The summed E-state index contributed by atoms with van der Waals surface area (Å²) in [6, 6.07) is 24.7. The van der Waals surface area contributed by atoms with Gasteiger partial charge in [0.15, 0.2) is 0 Å². The van der Waals surface area contributed by atoms with Crippen molar-refractivity contribution in [2.45, 2.75) is 55.9 Å². The van der Waals surface area contributed by atoms with Crippen LogP contribution < -0.4 is 23.7 Å². The van der Waals surface area contributed by atoms with Gasteiger partial charge >= 0.3 is 26.5 Å². The Bertz CT molecular complexity index is 3660. The lowest BCUT2D eigenvalue weighted by Crippen LogP contribution is -2.63. The molecule has 14 nitrogen and oxygen atoms in total. The highest BCUT2D eigenvalue weighted by atomic mass is 32.3. The van der Waals surface area contributed by atoms with Crippen molar-refractivity contribution >= 4 is 64.3 Å². The molecule has 5 aromatic rings. The molecule has 0 bridgehead atoms. The van der Waals surface area contributed by atoms with E-state index in [1.165, 1.54) is 30.3 Å². The van der Waals surface area contributed by atoms with E-state index >= 15 is 26.3 Å². The number of methoxy groups -OCH3 is 1. The van der Waals surface area contributed by atoms with Gasteiger partial charge in [0.05, 0.1) is 35.8 Å². The van der Waals surface area contributed by atoms with E-state index in [2.05, 4.69) is 16.1 Å². The van der Waals surface area contributed by atoms with Crippen molar-refractivity contribution in [3.63, 3.8) is 0 Å². The van der Waals surface area contributed by atoms with E-state index in [1.807, 2.05) is 46.8 Å². The third-order valence-electron chi connectivity index (χ3n) is 11.7. The van der Waals surface area contributed by atoms with Crippen LogP contribution in [0.1, 0.15) is 33.4 Å². The van der Waals surface area contributed by atoms with E-state index < -0.39 is 62.8 Å². The number of fused-ring (bicyclic) bond motifs is 2. The van der Waals surface area contributed by atoms with Crippen LogP contribution in [0.15, 0.2) is 130 Å². The number of nitrogens with one attached hydrogen (secondary N) is 2. The Morgan fingerprint density at radius 3 is 1.96 bits per heavy atom. The smallest absolute Gasteiger partial charge is 0.450 e. The Kier molecular flexibility index (Phi) is 16.0. The third kappa shape index (κ3) is 11.3. The molecule has 0 aromatic heterocycles. The maximum atomic E-state index is 15.6. The molecule has 0 saturated heterocycles. The van der Waals surface area contributed by atoms with Gasteiger partial charge < -0.3 is 28.1 Å². The lowest BCUT2D eigenvalue weighted by atomic mass is 9.93. The summed E-state index contributed by atoms with van der Waals surface area (Å²) in [4.78, 5) is 3.76. The number of halogens is 6. The predicted molar refractivity (Wildman–Crippen MR) is 272 cm³/mol. The number of hydrogen-bond donors (Lipinski definition) is 2. The standard InChI is InChI=1S/C52H49F6N3O11S3/c1-8-36-13-17-39(18-14-36)72-75(66,67)52(57,58)50(53,54)51(55,56)74(64,65)61-73(62,63)46-12-10-9-11-43(46)47-41-19-15-37(59-48-32(3)25-31(2)26-33(48)4)29-44(41)71-45-30-38(16-20-42(45)47)60-49-34(5)27-40(28-35(49)6)70-24-23-69-22-21-68-7/h8-20,25-30,59,61H,1,21-24H2,2-7H3/b60-38+. The zero-order valence-corrected chi connectivity index (χ0v) is 43.4. The van der Waals surface area contributed by atoms with Gasteiger partial charge in [-0.25, -0.2) is 21.8 Å². The maximum Gasteiger partial charge on any atom is 0.450 e. The van der Waals surface area contributed by atoms with E-state index in [1.54, 1.807) is 37.4 Å². The average molecular weight is 1100 g/mol. The number of nitrogens with zero attached hydrogens (tertiary/aromatic N) is 1. The number of anilines is 2. The molecule has 1 heterocycles. The van der Waals surface area contributed by atoms with Crippen LogP contribution in [-0.2, 0) is 39.6 Å². The lowest BCUT2D eigenvalue weighted by molar-refractivity contribution is -0.245. The summed E-state index contributed by atoms with van der Waals surface area (Å²) in [5, 5.41) is -10.3. The van der Waals surface area contributed by atoms with Crippen molar-refractivity contribution in [2.24, 2.45) is 4.99 Å². The summed E-state index contributed by atoms with van der Waals surface area (Å²) in [7, 11) is -19.1. The molecule has 0 saturated carbocycles. The second-order valence-electron chi connectivity index (χ2n) is 17.2. The summed E-state index contributed by atoms with van der Waals surface area (Å²) >= 11 is 0. The monoisotopic (exact) mass is 1100 g/mol. The SMILES string of the molecule is C=Cc1ccc(OS(=O)(=O)C(F)(F)C(F)(F)C(F)(F)S(=O)(=O)NS(=O)(=O)c2ccccc2-c2c3cc/c(=N\c4c(C)cc(OCCOCCOC)cc4C)cc-3oc3cc(Nc4c(C)cc(C)cc4C)ccc23)cc1. The van der Waals surface area contributed by atoms with E-state index in [4.69, 9.17) is 23.6 Å². The molecule has 2 aliphatic rings. The van der Waals surface area contributed by atoms with Crippen LogP contribution in [0.3, 0.4) is 0 Å². The van der Waals surface area contributed by atoms with E-state index in [-0.39, 0.29) is 40.0 Å². The first kappa shape index (κ1) is 56.0. The van der Waals surface area contributed by atoms with Crippen LogP contribution in [-0.4, -0.2) is 75.2 Å². The molecule has 0 unspecified atom stereocenters. The third-order valence-corrected chi connectivity index (χ3v) is 16.6. The zero-order valence-electron chi connectivity index (χ0n) is 40.9. The van der Waals surface area contributed by atoms with Crippen LogP contribution in [0, 0.1) is 34.6 Å². The fourth-order valence-corrected chi connectivity index (χ4v) is 12.2. The molecular weight excluding hydrogens is 1050 g/mol. The molecule has 2 N–H and O–H groups in total. The minimum absolute atomic E-state index is 0.00142. The highest BCUT2D eigenvalue weighted by Crippen LogP contribution is 2.52. The molecule has 0 fully saturated rings. The summed E-state index contributed by atoms with van der Waals surface area (Å²) in [5.74, 6) is -7.77. The molecule has 0 amide bonds. The van der Waals surface area contributed by atoms with Gasteiger partial charge in [-0.15, -0.1) is 0 Å². The van der Waals surface area contributed by atoms with Crippen molar-refractivity contribution in [3.05, 3.63) is 155 Å². The van der Waals surface area contributed by atoms with E-state index in [9.17, 15) is 25.3 Å². The number of rotatable bonds is 21. The van der Waals surface area contributed by atoms with Crippen LogP contribution >= 0.6 is 0 Å². The lowest BCUT2D eigenvalue weighted by Gasteiger charge is -2.31. The molecule has 7 rings (SSSR count). The van der Waals surface area contributed by atoms with Crippen molar-refractivity contribution in [1.82, 2.24) is 4.13 Å².